The third-order valence-corrected chi connectivity index (χ3v) is 4.31. The number of nitrogens with zero attached hydrogens (tertiary/aromatic N) is 2. The van der Waals surface area contributed by atoms with Crippen LogP contribution in [0.25, 0.3) is 10.2 Å². The molecule has 90 valence electrons. The first-order chi connectivity index (χ1) is 8.70. The number of hydrogen-bond acceptors (Lipinski definition) is 5. The number of benzene rings is 1. The molecular formula is C12H8FN3S2. The molecule has 0 fully saturated rings. The van der Waals surface area contributed by atoms with E-state index in [-0.39, 0.29) is 5.82 Å². The second kappa shape index (κ2) is 4.55. The molecule has 0 unspecified atom stereocenters. The Hall–Kier alpha value is -1.66. The molecule has 2 heterocycles. The van der Waals surface area contributed by atoms with E-state index in [4.69, 9.17) is 5.73 Å². The number of nitrogen functional groups attached to an aromatic ring is 1. The normalized spacial score (nSPS) is 10.9. The van der Waals surface area contributed by atoms with Crippen molar-refractivity contribution in [1.82, 2.24) is 9.97 Å². The second-order valence-corrected chi connectivity index (χ2v) is 5.92. The molecular weight excluding hydrogens is 269 g/mol. The number of aromatic nitrogens is 2. The summed E-state index contributed by atoms with van der Waals surface area (Å²) in [5, 5.41) is 0.725. The van der Waals surface area contributed by atoms with Crippen LogP contribution < -0.4 is 5.73 Å². The molecule has 0 radical (unpaired) electrons. The molecule has 0 saturated heterocycles. The molecule has 1 aromatic carbocycles. The van der Waals surface area contributed by atoms with Crippen molar-refractivity contribution < 1.29 is 4.39 Å². The summed E-state index contributed by atoms with van der Waals surface area (Å²) < 4.78 is 14.7. The van der Waals surface area contributed by atoms with Crippen LogP contribution in [-0.2, 0) is 0 Å². The third-order valence-electron chi connectivity index (χ3n) is 2.29. The fourth-order valence-corrected chi connectivity index (χ4v) is 3.48. The minimum atomic E-state index is -0.337. The SMILES string of the molecule is Nc1ccc2nc(Sc3ccc(F)cn3)sc2c1. The van der Waals surface area contributed by atoms with Gasteiger partial charge in [-0.25, -0.2) is 14.4 Å². The average Bonchev–Trinajstić information content (AvgIpc) is 2.73. The Balaban J connectivity index is 1.92. The van der Waals surface area contributed by atoms with Gasteiger partial charge in [0.15, 0.2) is 4.34 Å². The van der Waals surface area contributed by atoms with Gasteiger partial charge in [0.2, 0.25) is 0 Å². The van der Waals surface area contributed by atoms with Crippen LogP contribution in [0.2, 0.25) is 0 Å². The standard InChI is InChI=1S/C12H8FN3S2/c13-7-1-4-11(15-6-7)18-12-16-9-3-2-8(14)5-10(9)17-12/h1-6H,14H2. The molecule has 0 bridgehead atoms. The van der Waals surface area contributed by atoms with E-state index in [0.717, 1.165) is 25.3 Å². The molecule has 0 aliphatic carbocycles. The maximum absolute atomic E-state index is 12.7. The van der Waals surface area contributed by atoms with Gasteiger partial charge in [-0.05, 0) is 42.1 Å². The number of fused-ring (bicyclic) bond motifs is 1. The zero-order valence-electron chi connectivity index (χ0n) is 9.13. The fourth-order valence-electron chi connectivity index (χ4n) is 1.48. The quantitative estimate of drug-likeness (QED) is 0.728. The lowest BCUT2D eigenvalue weighted by molar-refractivity contribution is 0.618. The molecule has 2 N–H and O–H groups in total. The molecule has 0 atom stereocenters. The van der Waals surface area contributed by atoms with Gasteiger partial charge >= 0.3 is 0 Å². The van der Waals surface area contributed by atoms with Crippen molar-refractivity contribution in [2.24, 2.45) is 0 Å². The van der Waals surface area contributed by atoms with Gasteiger partial charge in [-0.2, -0.15) is 0 Å². The lowest BCUT2D eigenvalue weighted by Crippen LogP contribution is -1.81. The number of halogens is 1. The second-order valence-electron chi connectivity index (χ2n) is 3.62. The van der Waals surface area contributed by atoms with Crippen LogP contribution in [0.3, 0.4) is 0 Å². The number of pyridine rings is 1. The van der Waals surface area contributed by atoms with Crippen LogP contribution in [0.1, 0.15) is 0 Å². The minimum absolute atomic E-state index is 0.337. The monoisotopic (exact) mass is 277 g/mol. The van der Waals surface area contributed by atoms with Crippen molar-refractivity contribution in [3.63, 3.8) is 0 Å². The lowest BCUT2D eigenvalue weighted by atomic mass is 10.3. The Morgan fingerprint density at radius 1 is 1.22 bits per heavy atom. The van der Waals surface area contributed by atoms with Gasteiger partial charge in [-0.3, -0.25) is 0 Å². The summed E-state index contributed by atoms with van der Waals surface area (Å²) in [6.07, 6.45) is 1.20. The highest BCUT2D eigenvalue weighted by Crippen LogP contribution is 2.34. The highest BCUT2D eigenvalue weighted by molar-refractivity contribution is 8.01. The molecule has 3 nitrogen and oxygen atoms in total. The average molecular weight is 277 g/mol. The predicted molar refractivity (Wildman–Crippen MR) is 72.4 cm³/mol. The van der Waals surface area contributed by atoms with E-state index in [2.05, 4.69) is 9.97 Å². The first-order valence-corrected chi connectivity index (χ1v) is 6.79. The summed E-state index contributed by atoms with van der Waals surface area (Å²) in [6, 6.07) is 8.65. The van der Waals surface area contributed by atoms with Crippen molar-refractivity contribution in [3.05, 3.63) is 42.3 Å². The molecule has 3 aromatic rings. The summed E-state index contributed by atoms with van der Waals surface area (Å²) in [4.78, 5) is 8.45. The molecule has 3 rings (SSSR count). The highest BCUT2D eigenvalue weighted by Gasteiger charge is 2.06. The zero-order chi connectivity index (χ0) is 12.5. The lowest BCUT2D eigenvalue weighted by Gasteiger charge is -1.94. The van der Waals surface area contributed by atoms with E-state index in [1.54, 1.807) is 17.4 Å². The Bertz CT molecular complexity index is 694. The molecule has 0 spiro atoms. The fraction of sp³-hybridized carbons (Fsp3) is 0. The Morgan fingerprint density at radius 3 is 2.89 bits per heavy atom. The van der Waals surface area contributed by atoms with Crippen molar-refractivity contribution in [3.8, 4) is 0 Å². The van der Waals surface area contributed by atoms with Gasteiger partial charge in [-0.15, -0.1) is 11.3 Å². The number of rotatable bonds is 2. The summed E-state index contributed by atoms with van der Waals surface area (Å²) in [5.74, 6) is -0.337. The topological polar surface area (TPSA) is 51.8 Å². The van der Waals surface area contributed by atoms with Crippen molar-refractivity contribution in [2.75, 3.05) is 5.73 Å². The molecule has 0 aliphatic heterocycles. The van der Waals surface area contributed by atoms with Crippen molar-refractivity contribution in [1.29, 1.82) is 0 Å². The maximum Gasteiger partial charge on any atom is 0.157 e. The summed E-state index contributed by atoms with van der Waals surface area (Å²) >= 11 is 2.97. The van der Waals surface area contributed by atoms with Gasteiger partial charge in [-0.1, -0.05) is 0 Å². The van der Waals surface area contributed by atoms with E-state index in [1.807, 2.05) is 18.2 Å². The summed E-state index contributed by atoms with van der Waals surface area (Å²) in [5.41, 5.74) is 7.36. The molecule has 6 heteroatoms. The Kier molecular flexibility index (Phi) is 2.89. The van der Waals surface area contributed by atoms with E-state index >= 15 is 0 Å². The van der Waals surface area contributed by atoms with Gasteiger partial charge in [0, 0.05) is 5.69 Å². The van der Waals surface area contributed by atoms with Gasteiger partial charge in [0.25, 0.3) is 0 Å². The van der Waals surface area contributed by atoms with E-state index in [1.165, 1.54) is 24.0 Å². The van der Waals surface area contributed by atoms with Crippen LogP contribution in [0, 0.1) is 5.82 Å². The van der Waals surface area contributed by atoms with E-state index < -0.39 is 0 Å². The first-order valence-electron chi connectivity index (χ1n) is 5.16. The Morgan fingerprint density at radius 2 is 2.11 bits per heavy atom. The molecule has 0 saturated carbocycles. The number of anilines is 1. The Labute approximate surface area is 111 Å². The molecule has 0 aliphatic rings. The largest absolute Gasteiger partial charge is 0.399 e. The highest BCUT2D eigenvalue weighted by atomic mass is 32.2. The number of thiazole rings is 1. The van der Waals surface area contributed by atoms with E-state index in [0.29, 0.717) is 0 Å². The summed E-state index contributed by atoms with van der Waals surface area (Å²) in [7, 11) is 0. The first kappa shape index (κ1) is 11.4. The van der Waals surface area contributed by atoms with Gasteiger partial charge < -0.3 is 5.73 Å². The van der Waals surface area contributed by atoms with Crippen molar-refractivity contribution >= 4 is 39.0 Å². The van der Waals surface area contributed by atoms with Gasteiger partial charge in [0.05, 0.1) is 16.4 Å². The predicted octanol–water partition coefficient (Wildman–Crippen LogP) is 3.56. The number of nitrogens with two attached hydrogens (primary N) is 1. The third kappa shape index (κ3) is 2.30. The van der Waals surface area contributed by atoms with Crippen LogP contribution >= 0.6 is 23.1 Å². The van der Waals surface area contributed by atoms with Crippen LogP contribution in [0.4, 0.5) is 10.1 Å². The smallest absolute Gasteiger partial charge is 0.157 e. The maximum atomic E-state index is 12.7. The summed E-state index contributed by atoms with van der Waals surface area (Å²) in [6.45, 7) is 0. The number of hydrogen-bond donors (Lipinski definition) is 1. The molecule has 18 heavy (non-hydrogen) atoms. The minimum Gasteiger partial charge on any atom is -0.399 e. The van der Waals surface area contributed by atoms with Crippen LogP contribution in [0.5, 0.6) is 0 Å². The van der Waals surface area contributed by atoms with E-state index in [9.17, 15) is 4.39 Å². The zero-order valence-corrected chi connectivity index (χ0v) is 10.8. The van der Waals surface area contributed by atoms with Gasteiger partial charge in [0.1, 0.15) is 10.8 Å². The van der Waals surface area contributed by atoms with Crippen LogP contribution in [-0.4, -0.2) is 9.97 Å². The van der Waals surface area contributed by atoms with Crippen molar-refractivity contribution in [2.45, 2.75) is 9.37 Å². The molecule has 0 amide bonds. The molecule has 2 aromatic heterocycles. The van der Waals surface area contributed by atoms with Crippen LogP contribution in [0.15, 0.2) is 45.9 Å².